The molecule has 1 aromatic carbocycles. The second-order valence-corrected chi connectivity index (χ2v) is 6.00. The number of carbonyl (C=O) groups excluding carboxylic acids is 1. The van der Waals surface area contributed by atoms with Crippen LogP contribution >= 0.6 is 0 Å². The van der Waals surface area contributed by atoms with Gasteiger partial charge in [-0.3, -0.25) is 9.78 Å². The first-order chi connectivity index (χ1) is 11.7. The number of carbonyl (C=O) groups is 1. The summed E-state index contributed by atoms with van der Waals surface area (Å²) in [5.74, 6) is -0.233. The van der Waals surface area contributed by atoms with Gasteiger partial charge in [0, 0.05) is 25.8 Å². The van der Waals surface area contributed by atoms with E-state index >= 15 is 0 Å². The van der Waals surface area contributed by atoms with Gasteiger partial charge in [-0.2, -0.15) is 0 Å². The number of aromatic nitrogens is 1. The van der Waals surface area contributed by atoms with E-state index in [1.165, 1.54) is 13.2 Å². The Hall–Kier alpha value is -2.27. The summed E-state index contributed by atoms with van der Waals surface area (Å²) in [6.07, 6.45) is 2.30. The summed E-state index contributed by atoms with van der Waals surface area (Å²) < 4.78 is 18.8. The van der Waals surface area contributed by atoms with Crippen molar-refractivity contribution in [2.24, 2.45) is 0 Å². The van der Waals surface area contributed by atoms with Crippen LogP contribution in [0.4, 0.5) is 4.39 Å². The van der Waals surface area contributed by atoms with Gasteiger partial charge in [0.05, 0.1) is 11.7 Å². The third-order valence-electron chi connectivity index (χ3n) is 4.34. The standard InChI is InChI=1S/C19H21FN2O2/c1-24-13-19(23)22-11-5-10-18(22)17-9-4-7-15(21-17)12-14-6-2-3-8-16(14)20/h2-4,6-9,18H,5,10-13H2,1H3. The van der Waals surface area contributed by atoms with Crippen LogP contribution in [-0.2, 0) is 16.0 Å². The molecule has 24 heavy (non-hydrogen) atoms. The monoisotopic (exact) mass is 328 g/mol. The van der Waals surface area contributed by atoms with Crippen LogP contribution in [0.3, 0.4) is 0 Å². The molecule has 0 N–H and O–H groups in total. The summed E-state index contributed by atoms with van der Waals surface area (Å²) in [6.45, 7) is 0.817. The maximum Gasteiger partial charge on any atom is 0.249 e. The molecule has 0 radical (unpaired) electrons. The summed E-state index contributed by atoms with van der Waals surface area (Å²) in [4.78, 5) is 18.7. The van der Waals surface area contributed by atoms with E-state index in [9.17, 15) is 9.18 Å². The van der Waals surface area contributed by atoms with Crippen LogP contribution in [0, 0.1) is 5.82 Å². The quantitative estimate of drug-likeness (QED) is 0.847. The number of nitrogens with zero attached hydrogens (tertiary/aromatic N) is 2. The summed E-state index contributed by atoms with van der Waals surface area (Å²) >= 11 is 0. The van der Waals surface area contributed by atoms with Crippen LogP contribution in [0.15, 0.2) is 42.5 Å². The molecular formula is C19H21FN2O2. The van der Waals surface area contributed by atoms with E-state index < -0.39 is 0 Å². The maximum absolute atomic E-state index is 13.8. The van der Waals surface area contributed by atoms with E-state index in [2.05, 4.69) is 4.98 Å². The molecule has 1 aliphatic heterocycles. The summed E-state index contributed by atoms with van der Waals surface area (Å²) in [5, 5.41) is 0. The van der Waals surface area contributed by atoms with Crippen molar-refractivity contribution in [1.29, 1.82) is 0 Å². The van der Waals surface area contributed by atoms with Gasteiger partial charge in [0.15, 0.2) is 0 Å². The highest BCUT2D eigenvalue weighted by Crippen LogP contribution is 2.31. The van der Waals surface area contributed by atoms with E-state index in [1.54, 1.807) is 12.1 Å². The van der Waals surface area contributed by atoms with Gasteiger partial charge >= 0.3 is 0 Å². The number of hydrogen-bond donors (Lipinski definition) is 0. The van der Waals surface area contributed by atoms with Crippen molar-refractivity contribution in [1.82, 2.24) is 9.88 Å². The predicted molar refractivity (Wildman–Crippen MR) is 89.0 cm³/mol. The molecule has 0 aliphatic carbocycles. The Balaban J connectivity index is 1.80. The fraction of sp³-hybridized carbons (Fsp3) is 0.368. The third-order valence-corrected chi connectivity index (χ3v) is 4.34. The third kappa shape index (κ3) is 3.62. The lowest BCUT2D eigenvalue weighted by Crippen LogP contribution is -2.33. The van der Waals surface area contributed by atoms with Gasteiger partial charge in [-0.25, -0.2) is 4.39 Å². The van der Waals surface area contributed by atoms with Gasteiger partial charge in [-0.1, -0.05) is 24.3 Å². The predicted octanol–water partition coefficient (Wildman–Crippen LogP) is 3.12. The van der Waals surface area contributed by atoms with E-state index in [1.807, 2.05) is 29.2 Å². The number of pyridine rings is 1. The maximum atomic E-state index is 13.8. The van der Waals surface area contributed by atoms with Crippen molar-refractivity contribution in [3.63, 3.8) is 0 Å². The number of methoxy groups -OCH3 is 1. The van der Waals surface area contributed by atoms with Crippen LogP contribution in [0.2, 0.25) is 0 Å². The Kier molecular flexibility index (Phi) is 5.20. The molecule has 1 saturated heterocycles. The average molecular weight is 328 g/mol. The Morgan fingerprint density at radius 2 is 2.12 bits per heavy atom. The SMILES string of the molecule is COCC(=O)N1CCCC1c1cccc(Cc2ccccc2F)n1. The first-order valence-electron chi connectivity index (χ1n) is 8.16. The Morgan fingerprint density at radius 1 is 1.29 bits per heavy atom. The van der Waals surface area contributed by atoms with Crippen molar-refractivity contribution >= 4 is 5.91 Å². The fourth-order valence-electron chi connectivity index (χ4n) is 3.20. The van der Waals surface area contributed by atoms with Gasteiger partial charge < -0.3 is 9.64 Å². The molecule has 2 heterocycles. The van der Waals surface area contributed by atoms with Gasteiger partial charge in [0.2, 0.25) is 5.91 Å². The zero-order valence-electron chi connectivity index (χ0n) is 13.7. The van der Waals surface area contributed by atoms with Crippen LogP contribution in [0.5, 0.6) is 0 Å². The second kappa shape index (κ2) is 7.53. The first-order valence-corrected chi connectivity index (χ1v) is 8.16. The van der Waals surface area contributed by atoms with E-state index in [0.717, 1.165) is 30.8 Å². The first kappa shape index (κ1) is 16.6. The summed E-state index contributed by atoms with van der Waals surface area (Å²) in [6, 6.07) is 12.5. The number of ether oxygens (including phenoxy) is 1. The van der Waals surface area contributed by atoms with Crippen LogP contribution < -0.4 is 0 Å². The molecule has 1 amide bonds. The molecule has 5 heteroatoms. The highest BCUT2D eigenvalue weighted by atomic mass is 19.1. The number of amides is 1. The number of benzene rings is 1. The van der Waals surface area contributed by atoms with E-state index in [0.29, 0.717) is 12.0 Å². The Labute approximate surface area is 141 Å². The molecule has 0 bridgehead atoms. The van der Waals surface area contributed by atoms with Gasteiger partial charge in [-0.15, -0.1) is 0 Å². The normalized spacial score (nSPS) is 17.2. The largest absolute Gasteiger partial charge is 0.375 e. The van der Waals surface area contributed by atoms with Crippen LogP contribution in [0.25, 0.3) is 0 Å². The fourth-order valence-corrected chi connectivity index (χ4v) is 3.20. The van der Waals surface area contributed by atoms with Gasteiger partial charge in [-0.05, 0) is 36.6 Å². The Morgan fingerprint density at radius 3 is 2.92 bits per heavy atom. The molecule has 1 unspecified atom stereocenters. The molecule has 126 valence electrons. The number of likely N-dealkylation sites (tertiary alicyclic amines) is 1. The summed E-state index contributed by atoms with van der Waals surface area (Å²) in [7, 11) is 1.52. The Bertz CT molecular complexity index is 720. The smallest absolute Gasteiger partial charge is 0.249 e. The van der Waals surface area contributed by atoms with Crippen molar-refractivity contribution < 1.29 is 13.9 Å². The molecule has 2 aromatic rings. The van der Waals surface area contributed by atoms with Gasteiger partial charge in [0.25, 0.3) is 0 Å². The topological polar surface area (TPSA) is 42.4 Å². The number of rotatable bonds is 5. The highest BCUT2D eigenvalue weighted by Gasteiger charge is 2.30. The molecule has 1 aliphatic rings. The van der Waals surface area contributed by atoms with E-state index in [4.69, 9.17) is 4.74 Å². The lowest BCUT2D eigenvalue weighted by molar-refractivity contribution is -0.136. The highest BCUT2D eigenvalue weighted by molar-refractivity contribution is 5.78. The molecule has 3 rings (SSSR count). The van der Waals surface area contributed by atoms with E-state index in [-0.39, 0.29) is 24.4 Å². The van der Waals surface area contributed by atoms with Crippen molar-refractivity contribution in [3.8, 4) is 0 Å². The van der Waals surface area contributed by atoms with Crippen molar-refractivity contribution in [2.75, 3.05) is 20.3 Å². The zero-order chi connectivity index (χ0) is 16.9. The number of hydrogen-bond acceptors (Lipinski definition) is 3. The second-order valence-electron chi connectivity index (χ2n) is 6.00. The van der Waals surface area contributed by atoms with Crippen LogP contribution in [-0.4, -0.2) is 36.1 Å². The van der Waals surface area contributed by atoms with Crippen LogP contribution in [0.1, 0.15) is 35.8 Å². The van der Waals surface area contributed by atoms with Gasteiger partial charge in [0.1, 0.15) is 12.4 Å². The molecular weight excluding hydrogens is 307 g/mol. The molecule has 1 aromatic heterocycles. The average Bonchev–Trinajstić information content (AvgIpc) is 3.07. The summed E-state index contributed by atoms with van der Waals surface area (Å²) in [5.41, 5.74) is 2.30. The molecule has 0 saturated carbocycles. The molecule has 1 fully saturated rings. The molecule has 0 spiro atoms. The number of halogens is 1. The lowest BCUT2D eigenvalue weighted by Gasteiger charge is -2.24. The molecule has 4 nitrogen and oxygen atoms in total. The minimum atomic E-state index is -0.220. The van der Waals surface area contributed by atoms with Crippen molar-refractivity contribution in [2.45, 2.75) is 25.3 Å². The minimum absolute atomic E-state index is 0.0127. The van der Waals surface area contributed by atoms with Crippen molar-refractivity contribution in [3.05, 3.63) is 65.2 Å². The zero-order valence-corrected chi connectivity index (χ0v) is 13.7. The minimum Gasteiger partial charge on any atom is -0.375 e. The molecule has 1 atom stereocenters. The lowest BCUT2D eigenvalue weighted by atomic mass is 10.1.